The zero-order valence-corrected chi connectivity index (χ0v) is 15.6. The zero-order valence-electron chi connectivity index (χ0n) is 14.1. The van der Waals surface area contributed by atoms with Gasteiger partial charge in [0, 0.05) is 23.6 Å². The predicted molar refractivity (Wildman–Crippen MR) is 104 cm³/mol. The summed E-state index contributed by atoms with van der Waals surface area (Å²) in [5, 5.41) is 31.6. The molecular formula is C16H19Cl2N7O2. The van der Waals surface area contributed by atoms with Crippen LogP contribution in [0.4, 0.5) is 23.1 Å². The van der Waals surface area contributed by atoms with E-state index in [4.69, 9.17) is 34.7 Å². The first-order valence-corrected chi connectivity index (χ1v) is 8.96. The van der Waals surface area contributed by atoms with Crippen LogP contribution < -0.4 is 16.8 Å². The minimum atomic E-state index is -0.877. The fourth-order valence-electron chi connectivity index (χ4n) is 2.93. The maximum absolute atomic E-state index is 10.3. The highest BCUT2D eigenvalue weighted by molar-refractivity contribution is 6.32. The summed E-state index contributed by atoms with van der Waals surface area (Å²) >= 11 is 12.0. The van der Waals surface area contributed by atoms with Crippen molar-refractivity contribution in [3.05, 3.63) is 34.4 Å². The Bertz CT molecular complexity index is 834. The van der Waals surface area contributed by atoms with Crippen LogP contribution in [-0.4, -0.2) is 45.0 Å². The van der Waals surface area contributed by atoms with Crippen molar-refractivity contribution in [3.8, 4) is 0 Å². The van der Waals surface area contributed by atoms with Gasteiger partial charge in [0.05, 0.1) is 17.8 Å². The Hall–Kier alpha value is -2.04. The Labute approximate surface area is 165 Å². The second-order valence-electron chi connectivity index (χ2n) is 6.24. The molecule has 1 aliphatic carbocycles. The number of halogens is 2. The molecule has 0 unspecified atom stereocenters. The Kier molecular flexibility index (Phi) is 6.08. The number of aliphatic hydroxyl groups excluding tert-OH is 2. The van der Waals surface area contributed by atoms with Crippen LogP contribution in [0.15, 0.2) is 34.5 Å². The lowest BCUT2D eigenvalue weighted by Crippen LogP contribution is -2.41. The van der Waals surface area contributed by atoms with Crippen molar-refractivity contribution in [1.29, 1.82) is 0 Å². The number of benzene rings is 1. The number of anilines is 2. The van der Waals surface area contributed by atoms with E-state index in [0.717, 1.165) is 0 Å². The molecule has 27 heavy (non-hydrogen) atoms. The quantitative estimate of drug-likeness (QED) is 0.373. The summed E-state index contributed by atoms with van der Waals surface area (Å²) in [6.45, 7) is -0.119. The molecule has 0 aliphatic heterocycles. The zero-order chi connectivity index (χ0) is 19.6. The van der Waals surface area contributed by atoms with Crippen LogP contribution in [-0.2, 0) is 0 Å². The van der Waals surface area contributed by atoms with E-state index in [1.54, 1.807) is 24.3 Å². The van der Waals surface area contributed by atoms with Crippen molar-refractivity contribution in [2.75, 3.05) is 17.7 Å². The summed E-state index contributed by atoms with van der Waals surface area (Å²) in [7, 11) is 0. The summed E-state index contributed by atoms with van der Waals surface area (Å²) < 4.78 is 0. The maximum atomic E-state index is 10.3. The summed E-state index contributed by atoms with van der Waals surface area (Å²) in [6.07, 6.45) is -0.424. The number of hydrogen-bond donors (Lipinski definition) is 5. The van der Waals surface area contributed by atoms with Crippen molar-refractivity contribution in [1.82, 2.24) is 9.97 Å². The summed E-state index contributed by atoms with van der Waals surface area (Å²) in [5.41, 5.74) is 12.3. The smallest absolute Gasteiger partial charge is 0.223 e. The first-order chi connectivity index (χ1) is 12.9. The van der Waals surface area contributed by atoms with Gasteiger partial charge < -0.3 is 27.0 Å². The molecule has 0 radical (unpaired) electrons. The largest absolute Gasteiger partial charge is 0.396 e. The van der Waals surface area contributed by atoms with E-state index in [1.165, 1.54) is 0 Å². The van der Waals surface area contributed by atoms with Gasteiger partial charge in [-0.2, -0.15) is 15.1 Å². The molecule has 7 N–H and O–H groups in total. The minimum absolute atomic E-state index is 0.0122. The summed E-state index contributed by atoms with van der Waals surface area (Å²) in [4.78, 5) is 8.01. The number of hydrogen-bond acceptors (Lipinski definition) is 9. The molecule has 1 fully saturated rings. The third-order valence-corrected chi connectivity index (χ3v) is 4.93. The third-order valence-electron chi connectivity index (χ3n) is 4.42. The Morgan fingerprint density at radius 1 is 1.19 bits per heavy atom. The molecule has 3 rings (SSSR count). The fourth-order valence-corrected chi connectivity index (χ4v) is 3.27. The van der Waals surface area contributed by atoms with E-state index in [-0.39, 0.29) is 35.1 Å². The first kappa shape index (κ1) is 19.7. The van der Waals surface area contributed by atoms with Gasteiger partial charge in [0.15, 0.2) is 16.7 Å². The van der Waals surface area contributed by atoms with Crippen LogP contribution in [0.3, 0.4) is 0 Å². The summed E-state index contributed by atoms with van der Waals surface area (Å²) in [5.74, 6) is -0.0604. The van der Waals surface area contributed by atoms with Crippen LogP contribution in [0.25, 0.3) is 0 Å². The van der Waals surface area contributed by atoms with Gasteiger partial charge >= 0.3 is 0 Å². The van der Waals surface area contributed by atoms with E-state index < -0.39 is 18.2 Å². The molecular weight excluding hydrogens is 393 g/mol. The maximum Gasteiger partial charge on any atom is 0.223 e. The molecule has 0 saturated heterocycles. The third kappa shape index (κ3) is 4.45. The molecule has 1 saturated carbocycles. The number of azo groups is 1. The molecule has 0 spiro atoms. The highest BCUT2D eigenvalue weighted by Gasteiger charge is 2.40. The van der Waals surface area contributed by atoms with E-state index in [1.807, 2.05) is 0 Å². The monoisotopic (exact) mass is 411 g/mol. The molecule has 0 amide bonds. The Morgan fingerprint density at radius 3 is 2.52 bits per heavy atom. The van der Waals surface area contributed by atoms with Gasteiger partial charge in [-0.15, -0.1) is 5.11 Å². The van der Waals surface area contributed by atoms with Gasteiger partial charge in [0.25, 0.3) is 0 Å². The van der Waals surface area contributed by atoms with E-state index in [2.05, 4.69) is 25.5 Å². The molecule has 1 aromatic carbocycles. The Balaban J connectivity index is 1.88. The molecule has 11 heteroatoms. The second kappa shape index (κ2) is 8.32. The van der Waals surface area contributed by atoms with Gasteiger partial charge in [-0.05, 0) is 30.7 Å². The lowest BCUT2D eigenvalue weighted by molar-refractivity contribution is 0.134. The molecule has 1 aliphatic rings. The molecule has 144 valence electrons. The first-order valence-electron chi connectivity index (χ1n) is 8.20. The molecule has 1 heterocycles. The van der Waals surface area contributed by atoms with Crippen LogP contribution in [0.1, 0.15) is 6.42 Å². The average Bonchev–Trinajstić information content (AvgIpc) is 2.90. The van der Waals surface area contributed by atoms with Crippen LogP contribution in [0.2, 0.25) is 10.2 Å². The van der Waals surface area contributed by atoms with Crippen LogP contribution >= 0.6 is 23.2 Å². The number of nitrogens with one attached hydrogen (secondary N) is 1. The molecule has 1 aromatic heterocycles. The lowest BCUT2D eigenvalue weighted by Gasteiger charge is -2.20. The topological polar surface area (TPSA) is 155 Å². The van der Waals surface area contributed by atoms with Crippen molar-refractivity contribution in [2.24, 2.45) is 21.9 Å². The molecule has 2 aromatic rings. The highest BCUT2D eigenvalue weighted by Crippen LogP contribution is 2.35. The molecule has 0 bridgehead atoms. The molecule has 4 atom stereocenters. The number of aliphatic hydroxyl groups is 2. The van der Waals surface area contributed by atoms with Crippen molar-refractivity contribution in [3.63, 3.8) is 0 Å². The number of rotatable bonds is 5. The second-order valence-corrected chi connectivity index (χ2v) is 7.04. The average molecular weight is 412 g/mol. The summed E-state index contributed by atoms with van der Waals surface area (Å²) in [6, 6.07) is 5.74. The number of aromatic nitrogens is 2. The number of nitrogens with zero attached hydrogens (tertiary/aromatic N) is 4. The lowest BCUT2D eigenvalue weighted by atomic mass is 10.1. The van der Waals surface area contributed by atoms with Crippen molar-refractivity contribution >= 4 is 46.3 Å². The highest BCUT2D eigenvalue weighted by atomic mass is 35.5. The SMILES string of the molecule is Nc1nc(Cl)c(/N=N/c2ccc(Cl)cc2)c(N[C@@H]2C[C@H](CO)[C@@H](N)[C@H]2O)n1. The van der Waals surface area contributed by atoms with Gasteiger partial charge in [0.2, 0.25) is 5.95 Å². The standard InChI is InChI=1S/C16H19Cl2N7O2/c17-8-1-3-9(4-2-8)24-25-12-14(18)22-16(20)23-15(12)21-10-5-7(6-26)11(19)13(10)27/h1-4,7,10-11,13,26-27H,5-6,19H2,(H3,20,21,22,23)/b25-24+/t7-,10-,11-,13+/m1/s1. The van der Waals surface area contributed by atoms with Crippen LogP contribution in [0.5, 0.6) is 0 Å². The number of nitrogen functional groups attached to an aromatic ring is 1. The van der Waals surface area contributed by atoms with Gasteiger partial charge in [-0.3, -0.25) is 0 Å². The minimum Gasteiger partial charge on any atom is -0.396 e. The van der Waals surface area contributed by atoms with Gasteiger partial charge in [0.1, 0.15) is 0 Å². The van der Waals surface area contributed by atoms with Crippen LogP contribution in [0, 0.1) is 5.92 Å². The van der Waals surface area contributed by atoms with Crippen molar-refractivity contribution < 1.29 is 10.2 Å². The van der Waals surface area contributed by atoms with Gasteiger partial charge in [-0.25, -0.2) is 0 Å². The van der Waals surface area contributed by atoms with E-state index in [0.29, 0.717) is 17.1 Å². The predicted octanol–water partition coefficient (Wildman–Crippen LogP) is 2.26. The molecule has 9 nitrogen and oxygen atoms in total. The van der Waals surface area contributed by atoms with E-state index in [9.17, 15) is 10.2 Å². The van der Waals surface area contributed by atoms with Crippen molar-refractivity contribution in [2.45, 2.75) is 24.6 Å². The van der Waals surface area contributed by atoms with Gasteiger partial charge in [-0.1, -0.05) is 23.2 Å². The Morgan fingerprint density at radius 2 is 1.89 bits per heavy atom. The fraction of sp³-hybridized carbons (Fsp3) is 0.375. The normalized spacial score (nSPS) is 25.2. The van der Waals surface area contributed by atoms with E-state index >= 15 is 0 Å². The number of nitrogens with two attached hydrogens (primary N) is 2.